The van der Waals surface area contributed by atoms with E-state index < -0.39 is 5.41 Å². The summed E-state index contributed by atoms with van der Waals surface area (Å²) >= 11 is 1.91. The van der Waals surface area contributed by atoms with Crippen molar-refractivity contribution in [1.29, 1.82) is 0 Å². The predicted octanol–water partition coefficient (Wildman–Crippen LogP) is 22.4. The van der Waals surface area contributed by atoms with E-state index >= 15 is 0 Å². The zero-order chi connectivity index (χ0) is 56.7. The third-order valence-corrected chi connectivity index (χ3v) is 20.0. The Morgan fingerprint density at radius 1 is 0.326 bits per heavy atom. The molecule has 2 heteroatoms. The van der Waals surface area contributed by atoms with Gasteiger partial charge in [-0.2, -0.15) is 0 Å². The maximum absolute atomic E-state index is 2.57. The number of anilines is 3. The number of benzene rings is 14. The first-order valence-corrected chi connectivity index (χ1v) is 30.9. The van der Waals surface area contributed by atoms with Crippen molar-refractivity contribution < 1.29 is 0 Å². The normalized spacial score (nSPS) is 13.3. The monoisotopic (exact) mass is 1110 g/mol. The molecule has 1 aliphatic carbocycles. The van der Waals surface area contributed by atoms with Gasteiger partial charge in [0, 0.05) is 37.7 Å². The van der Waals surface area contributed by atoms with Gasteiger partial charge in [-0.25, -0.2) is 0 Å². The molecule has 1 spiro atoms. The van der Waals surface area contributed by atoms with Gasteiger partial charge in [0.25, 0.3) is 0 Å². The van der Waals surface area contributed by atoms with Crippen LogP contribution in [0.4, 0.5) is 17.1 Å². The largest absolute Gasteiger partial charge is 0.310 e. The standard InChI is InChI=1S/C84H57NS/c1-3-20-55(21-4-1)52-71(62-48-50-75-72(53-62)69-30-11-12-34-74(69)84(75)76-35-13-15-37-78(76)85(64-26-5-2-6-27-64)79-38-16-14-36-77(79)84)70-33-19-39-81-83(70)73-54-63(49-51-80(73)86-81)82(60-44-40-58(41-45-60)67-31-17-24-56-22-7-9-28-65(56)67)61-46-42-59(43-47-61)68-32-18-25-57-23-8-10-29-66(57)68/h1-51,53-54,71,82H,52H2. The van der Waals surface area contributed by atoms with Crippen molar-refractivity contribution in [2.75, 3.05) is 4.90 Å². The molecule has 1 atom stereocenters. The minimum Gasteiger partial charge on any atom is -0.310 e. The lowest BCUT2D eigenvalue weighted by atomic mass is 9.64. The molecule has 1 aliphatic heterocycles. The number of para-hydroxylation sites is 3. The average molecular weight is 1110 g/mol. The summed E-state index contributed by atoms with van der Waals surface area (Å²) in [7, 11) is 0. The summed E-state index contributed by atoms with van der Waals surface area (Å²) in [5.74, 6) is 0.0266. The number of hydrogen-bond donors (Lipinski definition) is 0. The van der Waals surface area contributed by atoms with Gasteiger partial charge in [-0.05, 0) is 159 Å². The predicted molar refractivity (Wildman–Crippen MR) is 363 cm³/mol. The van der Waals surface area contributed by atoms with E-state index in [1.54, 1.807) is 0 Å². The lowest BCUT2D eigenvalue weighted by Gasteiger charge is -2.45. The van der Waals surface area contributed by atoms with Gasteiger partial charge in [-0.3, -0.25) is 0 Å². The zero-order valence-corrected chi connectivity index (χ0v) is 48.1. The highest BCUT2D eigenvalue weighted by Gasteiger charge is 2.51. The molecule has 15 aromatic rings. The van der Waals surface area contributed by atoms with E-state index in [-0.39, 0.29) is 11.8 Å². The van der Waals surface area contributed by atoms with Crippen LogP contribution in [0, 0.1) is 0 Å². The topological polar surface area (TPSA) is 3.24 Å². The van der Waals surface area contributed by atoms with Crippen molar-refractivity contribution in [2.24, 2.45) is 0 Å². The summed E-state index contributed by atoms with van der Waals surface area (Å²) in [5.41, 5.74) is 23.7. The first-order valence-electron chi connectivity index (χ1n) is 30.1. The molecule has 1 unspecified atom stereocenters. The van der Waals surface area contributed by atoms with Crippen LogP contribution in [-0.2, 0) is 11.8 Å². The van der Waals surface area contributed by atoms with Crippen molar-refractivity contribution in [3.8, 4) is 33.4 Å². The van der Waals surface area contributed by atoms with Crippen LogP contribution in [0.3, 0.4) is 0 Å². The number of hydrogen-bond acceptors (Lipinski definition) is 2. The number of fused-ring (bicyclic) bond motifs is 14. The molecule has 2 aliphatic rings. The molecule has 0 saturated heterocycles. The lowest BCUT2D eigenvalue weighted by Crippen LogP contribution is -2.36. The number of thiophene rings is 1. The van der Waals surface area contributed by atoms with Gasteiger partial charge < -0.3 is 4.90 Å². The van der Waals surface area contributed by atoms with Crippen LogP contribution in [0.1, 0.15) is 67.5 Å². The molecule has 1 aromatic heterocycles. The van der Waals surface area contributed by atoms with Gasteiger partial charge in [-0.1, -0.05) is 279 Å². The summed E-state index contributed by atoms with van der Waals surface area (Å²) in [6, 6.07) is 121. The molecule has 404 valence electrons. The van der Waals surface area contributed by atoms with Crippen molar-refractivity contribution >= 4 is 70.1 Å². The van der Waals surface area contributed by atoms with E-state index in [1.165, 1.54) is 142 Å². The van der Waals surface area contributed by atoms with Gasteiger partial charge in [0.15, 0.2) is 0 Å². The van der Waals surface area contributed by atoms with Crippen molar-refractivity contribution in [2.45, 2.75) is 23.7 Å². The van der Waals surface area contributed by atoms with Crippen molar-refractivity contribution in [3.05, 3.63) is 377 Å². The Labute approximate surface area is 506 Å². The Balaban J connectivity index is 0.830. The van der Waals surface area contributed by atoms with Gasteiger partial charge in [-0.15, -0.1) is 11.3 Å². The second-order valence-electron chi connectivity index (χ2n) is 23.4. The van der Waals surface area contributed by atoms with Crippen LogP contribution in [0.25, 0.3) is 75.1 Å². The molecule has 1 nitrogen and oxygen atoms in total. The molecule has 0 amide bonds. The molecule has 0 N–H and O–H groups in total. The van der Waals surface area contributed by atoms with Gasteiger partial charge in [0.1, 0.15) is 0 Å². The quantitative estimate of drug-likeness (QED) is 0.123. The van der Waals surface area contributed by atoms with Gasteiger partial charge in [0.05, 0.1) is 16.8 Å². The maximum atomic E-state index is 2.57. The van der Waals surface area contributed by atoms with E-state index in [2.05, 4.69) is 326 Å². The smallest absolute Gasteiger partial charge is 0.0754 e. The van der Waals surface area contributed by atoms with Crippen LogP contribution in [0.2, 0.25) is 0 Å². The van der Waals surface area contributed by atoms with E-state index in [0.717, 1.165) is 12.1 Å². The fourth-order valence-electron chi connectivity index (χ4n) is 15.0. The zero-order valence-electron chi connectivity index (χ0n) is 47.3. The summed E-state index contributed by atoms with van der Waals surface area (Å²) in [6.07, 6.45) is 0.856. The fourth-order valence-corrected chi connectivity index (χ4v) is 16.2. The van der Waals surface area contributed by atoms with E-state index in [4.69, 9.17) is 0 Å². The van der Waals surface area contributed by atoms with Crippen LogP contribution >= 0.6 is 11.3 Å². The first-order chi connectivity index (χ1) is 42.7. The summed E-state index contributed by atoms with van der Waals surface area (Å²) < 4.78 is 2.61. The molecule has 0 fully saturated rings. The minimum absolute atomic E-state index is 0.0244. The fraction of sp³-hybridized carbons (Fsp3) is 0.0476. The van der Waals surface area contributed by atoms with Crippen LogP contribution in [0.15, 0.2) is 322 Å². The summed E-state index contributed by atoms with van der Waals surface area (Å²) in [4.78, 5) is 2.46. The number of rotatable bonds is 10. The molecule has 0 radical (unpaired) electrons. The summed E-state index contributed by atoms with van der Waals surface area (Å²) in [5, 5.41) is 7.70. The van der Waals surface area contributed by atoms with Crippen LogP contribution in [0.5, 0.6) is 0 Å². The Morgan fingerprint density at radius 2 is 0.826 bits per heavy atom. The molecule has 17 rings (SSSR count). The molecule has 0 saturated carbocycles. The van der Waals surface area contributed by atoms with E-state index in [1.807, 2.05) is 11.3 Å². The molecule has 2 heterocycles. The second-order valence-corrected chi connectivity index (χ2v) is 24.4. The molecule has 0 bridgehead atoms. The molecular weight excluding hydrogens is 1050 g/mol. The van der Waals surface area contributed by atoms with Crippen molar-refractivity contribution in [3.63, 3.8) is 0 Å². The van der Waals surface area contributed by atoms with E-state index in [9.17, 15) is 0 Å². The minimum atomic E-state index is -0.527. The Bertz CT molecular complexity index is 4910. The van der Waals surface area contributed by atoms with E-state index in [0.29, 0.717) is 0 Å². The second kappa shape index (κ2) is 20.5. The average Bonchev–Trinajstić information content (AvgIpc) is 1.45. The molecule has 14 aromatic carbocycles. The third-order valence-electron chi connectivity index (χ3n) is 18.8. The highest BCUT2D eigenvalue weighted by molar-refractivity contribution is 7.25. The highest BCUT2D eigenvalue weighted by atomic mass is 32.1. The maximum Gasteiger partial charge on any atom is 0.0754 e. The third kappa shape index (κ3) is 7.98. The van der Waals surface area contributed by atoms with Crippen LogP contribution < -0.4 is 4.90 Å². The molecule has 86 heavy (non-hydrogen) atoms. The Kier molecular flexibility index (Phi) is 11.9. The first kappa shape index (κ1) is 50.2. The SMILES string of the molecule is c1ccc(CC(c2ccc3c(c2)-c2ccccc2C32c3ccccc3N(c3ccccc3)c3ccccc32)c2cccc3sc4ccc(C(c5ccc(-c6cccc7ccccc67)cc5)c5ccc(-c6cccc7ccccc67)cc5)cc4c23)cc1. The highest BCUT2D eigenvalue weighted by Crippen LogP contribution is 2.64. The Hall–Kier alpha value is -10.4. The lowest BCUT2D eigenvalue weighted by molar-refractivity contribution is 0.750. The number of nitrogens with zero attached hydrogens (tertiary/aromatic N) is 1. The van der Waals surface area contributed by atoms with Crippen molar-refractivity contribution in [1.82, 2.24) is 0 Å². The Morgan fingerprint density at radius 3 is 1.48 bits per heavy atom. The van der Waals surface area contributed by atoms with Gasteiger partial charge in [0.2, 0.25) is 0 Å². The van der Waals surface area contributed by atoms with Gasteiger partial charge >= 0.3 is 0 Å². The summed E-state index contributed by atoms with van der Waals surface area (Å²) in [6.45, 7) is 0. The molecular formula is C84H57NS. The van der Waals surface area contributed by atoms with Crippen LogP contribution in [-0.4, -0.2) is 0 Å².